The highest BCUT2D eigenvalue weighted by molar-refractivity contribution is 9.10. The summed E-state index contributed by atoms with van der Waals surface area (Å²) in [6.45, 7) is 1.39. The fourth-order valence-electron chi connectivity index (χ4n) is 3.24. The molecule has 1 aromatic heterocycles. The molecule has 3 aromatic rings. The lowest BCUT2D eigenvalue weighted by Gasteiger charge is -2.25. The molecule has 0 saturated carbocycles. The maximum Gasteiger partial charge on any atom is 0.272 e. The molecule has 4 rings (SSSR count). The zero-order valence-electron chi connectivity index (χ0n) is 15.4. The maximum atomic E-state index is 12.6. The Morgan fingerprint density at radius 1 is 1.29 bits per heavy atom. The summed E-state index contributed by atoms with van der Waals surface area (Å²) >= 11 is 3.49. The fourth-order valence-corrected chi connectivity index (χ4v) is 3.66. The zero-order valence-corrected chi connectivity index (χ0v) is 17.0. The highest BCUT2D eigenvalue weighted by Gasteiger charge is 2.26. The number of benzene rings is 2. The molecule has 1 aliphatic heterocycles. The summed E-state index contributed by atoms with van der Waals surface area (Å²) in [6.07, 6.45) is 1.63. The third-order valence-corrected chi connectivity index (χ3v) is 5.60. The lowest BCUT2D eigenvalue weighted by molar-refractivity contribution is 0.00255. The van der Waals surface area contributed by atoms with Gasteiger partial charge in [0.2, 0.25) is 0 Å². The summed E-state index contributed by atoms with van der Waals surface area (Å²) < 4.78 is 14.2. The topological polar surface area (TPSA) is 65.4 Å². The summed E-state index contributed by atoms with van der Waals surface area (Å²) in [4.78, 5) is 16.9. The largest absolute Gasteiger partial charge is 0.497 e. The Balaban J connectivity index is 1.44. The number of halogens is 1. The molecule has 1 amide bonds. The van der Waals surface area contributed by atoms with Gasteiger partial charge in [0, 0.05) is 11.0 Å². The van der Waals surface area contributed by atoms with Crippen molar-refractivity contribution in [1.29, 1.82) is 0 Å². The van der Waals surface area contributed by atoms with Gasteiger partial charge in [-0.25, -0.2) is 4.98 Å². The number of fused-ring (bicyclic) bond motifs is 1. The van der Waals surface area contributed by atoms with E-state index in [1.54, 1.807) is 13.4 Å². The van der Waals surface area contributed by atoms with Crippen LogP contribution in [0.2, 0.25) is 0 Å². The fraction of sp³-hybridized carbons (Fsp3) is 0.238. The summed E-state index contributed by atoms with van der Waals surface area (Å²) in [5.74, 6) is 0.614. The molecule has 0 spiro atoms. The second-order valence-corrected chi connectivity index (χ2v) is 7.39. The Labute approximate surface area is 171 Å². The highest BCUT2D eigenvalue weighted by Crippen LogP contribution is 2.29. The van der Waals surface area contributed by atoms with Gasteiger partial charge in [0.15, 0.2) is 5.69 Å². The number of imidazole rings is 1. The summed E-state index contributed by atoms with van der Waals surface area (Å²) in [6, 6.07) is 15.6. The van der Waals surface area contributed by atoms with E-state index in [1.807, 2.05) is 53.1 Å². The first-order valence-electron chi connectivity index (χ1n) is 8.97. The molecule has 1 unspecified atom stereocenters. The normalized spacial score (nSPS) is 15.7. The van der Waals surface area contributed by atoms with E-state index in [0.717, 1.165) is 27.0 Å². The molecule has 2 heterocycles. The number of hydrogen-bond acceptors (Lipinski definition) is 4. The molecule has 0 aliphatic carbocycles. The molecule has 6 nitrogen and oxygen atoms in total. The minimum Gasteiger partial charge on any atom is -0.497 e. The quantitative estimate of drug-likeness (QED) is 0.652. The van der Waals surface area contributed by atoms with Gasteiger partial charge >= 0.3 is 0 Å². The Morgan fingerprint density at radius 2 is 2.07 bits per heavy atom. The van der Waals surface area contributed by atoms with Gasteiger partial charge in [-0.2, -0.15) is 0 Å². The number of nitrogens with one attached hydrogen (secondary N) is 1. The summed E-state index contributed by atoms with van der Waals surface area (Å²) in [5, 5.41) is 2.93. The van der Waals surface area contributed by atoms with Crippen molar-refractivity contribution in [3.8, 4) is 5.75 Å². The molecule has 0 radical (unpaired) electrons. The molecule has 0 saturated heterocycles. The molecule has 7 heteroatoms. The predicted molar refractivity (Wildman–Crippen MR) is 108 cm³/mol. The summed E-state index contributed by atoms with van der Waals surface area (Å²) in [7, 11) is 1.65. The number of ether oxygens (including phenoxy) is 2. The molecular formula is C21H20BrN3O3. The van der Waals surface area contributed by atoms with Crippen LogP contribution in [0.1, 0.15) is 33.4 Å². The first-order chi connectivity index (χ1) is 13.7. The SMILES string of the molecule is COc1ccc(C2Cn3cnc(C(=O)NCc4ccccc4Br)c3CO2)cc1. The predicted octanol–water partition coefficient (Wildman–Crippen LogP) is 3.86. The first kappa shape index (κ1) is 18.7. The molecule has 0 bridgehead atoms. The Bertz CT molecular complexity index is 985. The number of carbonyl (C=O) groups is 1. The van der Waals surface area contributed by atoms with Crippen LogP contribution >= 0.6 is 15.9 Å². The maximum absolute atomic E-state index is 12.6. The number of nitrogens with zero attached hydrogens (tertiary/aromatic N) is 2. The van der Waals surface area contributed by atoms with E-state index in [9.17, 15) is 4.79 Å². The monoisotopic (exact) mass is 441 g/mol. The van der Waals surface area contributed by atoms with Crippen LogP contribution in [-0.2, 0) is 24.4 Å². The highest BCUT2D eigenvalue weighted by atomic mass is 79.9. The molecule has 0 fully saturated rings. The van der Waals surface area contributed by atoms with Crippen LogP contribution < -0.4 is 10.1 Å². The average Bonchev–Trinajstić information content (AvgIpc) is 3.16. The Kier molecular flexibility index (Phi) is 5.45. The summed E-state index contributed by atoms with van der Waals surface area (Å²) in [5.41, 5.74) is 3.30. The minimum absolute atomic E-state index is 0.0798. The molecule has 144 valence electrons. The van der Waals surface area contributed by atoms with Gasteiger partial charge in [-0.05, 0) is 29.3 Å². The van der Waals surface area contributed by atoms with Gasteiger partial charge < -0.3 is 19.4 Å². The van der Waals surface area contributed by atoms with Crippen molar-refractivity contribution in [3.63, 3.8) is 0 Å². The van der Waals surface area contributed by atoms with E-state index >= 15 is 0 Å². The molecule has 1 aliphatic rings. The van der Waals surface area contributed by atoms with Gasteiger partial charge in [0.25, 0.3) is 5.91 Å². The standard InChI is InChI=1S/C21H20BrN3O3/c1-27-16-8-6-14(7-9-16)19-11-25-13-24-20(18(25)12-28-19)21(26)23-10-15-4-2-3-5-17(15)22/h2-9,13,19H,10-12H2,1H3,(H,23,26). The number of rotatable bonds is 5. The zero-order chi connectivity index (χ0) is 19.5. The molecule has 1 N–H and O–H groups in total. The number of amides is 1. The van der Waals surface area contributed by atoms with Gasteiger partial charge in [-0.15, -0.1) is 0 Å². The van der Waals surface area contributed by atoms with Crippen LogP contribution in [0.5, 0.6) is 5.75 Å². The molecule has 28 heavy (non-hydrogen) atoms. The van der Waals surface area contributed by atoms with E-state index in [0.29, 0.717) is 25.4 Å². The van der Waals surface area contributed by atoms with Crippen LogP contribution in [0.15, 0.2) is 59.3 Å². The Hall–Kier alpha value is -2.64. The second-order valence-electron chi connectivity index (χ2n) is 6.54. The molecule has 1 atom stereocenters. The minimum atomic E-state index is -0.198. The lowest BCUT2D eigenvalue weighted by atomic mass is 10.1. The van der Waals surface area contributed by atoms with Crippen LogP contribution in [-0.4, -0.2) is 22.6 Å². The van der Waals surface area contributed by atoms with E-state index in [2.05, 4.69) is 26.2 Å². The van der Waals surface area contributed by atoms with Crippen LogP contribution in [0.25, 0.3) is 0 Å². The van der Waals surface area contributed by atoms with Gasteiger partial charge in [-0.3, -0.25) is 4.79 Å². The van der Waals surface area contributed by atoms with Crippen LogP contribution in [0.3, 0.4) is 0 Å². The van der Waals surface area contributed by atoms with Crippen LogP contribution in [0.4, 0.5) is 0 Å². The van der Waals surface area contributed by atoms with Crippen molar-refractivity contribution in [1.82, 2.24) is 14.9 Å². The van der Waals surface area contributed by atoms with E-state index in [4.69, 9.17) is 9.47 Å². The van der Waals surface area contributed by atoms with E-state index in [1.165, 1.54) is 0 Å². The van der Waals surface area contributed by atoms with Crippen molar-refractivity contribution in [3.05, 3.63) is 81.8 Å². The second kappa shape index (κ2) is 8.16. The van der Waals surface area contributed by atoms with Crippen molar-refractivity contribution in [2.24, 2.45) is 0 Å². The number of methoxy groups -OCH3 is 1. The number of carbonyl (C=O) groups excluding carboxylic acids is 1. The van der Waals surface area contributed by atoms with Gasteiger partial charge in [-0.1, -0.05) is 46.3 Å². The van der Waals surface area contributed by atoms with Gasteiger partial charge in [0.1, 0.15) is 11.9 Å². The van der Waals surface area contributed by atoms with Crippen molar-refractivity contribution >= 4 is 21.8 Å². The van der Waals surface area contributed by atoms with E-state index in [-0.39, 0.29) is 12.0 Å². The average molecular weight is 442 g/mol. The number of aromatic nitrogens is 2. The van der Waals surface area contributed by atoms with Crippen LogP contribution in [0, 0.1) is 0 Å². The molecular weight excluding hydrogens is 422 g/mol. The molecule has 2 aromatic carbocycles. The third-order valence-electron chi connectivity index (χ3n) is 4.83. The van der Waals surface area contributed by atoms with Gasteiger partial charge in [0.05, 0.1) is 32.3 Å². The van der Waals surface area contributed by atoms with Crippen molar-refractivity contribution < 1.29 is 14.3 Å². The lowest BCUT2D eigenvalue weighted by Crippen LogP contribution is -2.27. The smallest absolute Gasteiger partial charge is 0.272 e. The van der Waals surface area contributed by atoms with E-state index < -0.39 is 0 Å². The van der Waals surface area contributed by atoms with Crippen molar-refractivity contribution in [2.75, 3.05) is 7.11 Å². The Morgan fingerprint density at radius 3 is 2.82 bits per heavy atom. The van der Waals surface area contributed by atoms with Crippen molar-refractivity contribution in [2.45, 2.75) is 25.8 Å². The number of hydrogen-bond donors (Lipinski definition) is 1. The first-order valence-corrected chi connectivity index (χ1v) is 9.76. The third kappa shape index (κ3) is 3.81.